The highest BCUT2D eigenvalue weighted by atomic mass is 19.1. The fourth-order valence-electron chi connectivity index (χ4n) is 2.05. The van der Waals surface area contributed by atoms with E-state index in [9.17, 15) is 14.8 Å². The summed E-state index contributed by atoms with van der Waals surface area (Å²) in [5, 5.41) is 21.8. The molecular weight excluding hydrogens is 271 g/mol. The van der Waals surface area contributed by atoms with Crippen LogP contribution >= 0.6 is 0 Å². The molecule has 0 aliphatic rings. The van der Waals surface area contributed by atoms with Gasteiger partial charge in [0, 0.05) is 5.69 Å². The van der Waals surface area contributed by atoms with Gasteiger partial charge in [0.1, 0.15) is 11.9 Å². The Morgan fingerprint density at radius 1 is 1.29 bits per heavy atom. The Balaban J connectivity index is 2.30. The highest BCUT2D eigenvalue weighted by molar-refractivity contribution is 5.51. The average molecular weight is 286 g/mol. The van der Waals surface area contributed by atoms with Crippen molar-refractivity contribution in [2.45, 2.75) is 13.0 Å². The van der Waals surface area contributed by atoms with E-state index in [0.717, 1.165) is 5.56 Å². The summed E-state index contributed by atoms with van der Waals surface area (Å²) in [6.45, 7) is 1.78. The first-order valence-corrected chi connectivity index (χ1v) is 6.33. The van der Waals surface area contributed by atoms with Gasteiger partial charge in [-0.15, -0.1) is 0 Å². The van der Waals surface area contributed by atoms with Crippen molar-refractivity contribution >= 4 is 5.69 Å². The maximum Gasteiger partial charge on any atom is 0.160 e. The molecule has 2 rings (SSSR count). The summed E-state index contributed by atoms with van der Waals surface area (Å²) in [4.78, 5) is 0. The zero-order valence-corrected chi connectivity index (χ0v) is 11.7. The first-order valence-electron chi connectivity index (χ1n) is 6.33. The van der Waals surface area contributed by atoms with E-state index >= 15 is 0 Å². The van der Waals surface area contributed by atoms with Crippen molar-refractivity contribution in [1.82, 2.24) is 0 Å². The molecule has 0 saturated carbocycles. The van der Waals surface area contributed by atoms with Gasteiger partial charge < -0.3 is 15.2 Å². The molecule has 0 heterocycles. The number of nitrogens with zero attached hydrogens (tertiary/aromatic N) is 1. The molecule has 0 radical (unpaired) electrons. The van der Waals surface area contributed by atoms with Gasteiger partial charge in [-0.05, 0) is 48.4 Å². The van der Waals surface area contributed by atoms with E-state index in [1.165, 1.54) is 25.3 Å². The Hall–Kier alpha value is -2.74. The van der Waals surface area contributed by atoms with Crippen molar-refractivity contribution in [3.63, 3.8) is 0 Å². The minimum atomic E-state index is -0.680. The zero-order valence-electron chi connectivity index (χ0n) is 11.7. The number of aryl methyl sites for hydroxylation is 1. The summed E-state index contributed by atoms with van der Waals surface area (Å²) < 4.78 is 18.4. The van der Waals surface area contributed by atoms with Crippen molar-refractivity contribution in [3.05, 3.63) is 53.3 Å². The number of hydrogen-bond acceptors (Lipinski definition) is 4. The summed E-state index contributed by atoms with van der Waals surface area (Å²) in [7, 11) is 1.43. The van der Waals surface area contributed by atoms with E-state index in [0.29, 0.717) is 11.3 Å². The molecule has 0 bridgehead atoms. The molecule has 1 atom stereocenters. The lowest BCUT2D eigenvalue weighted by molar-refractivity contribution is 0.373. The van der Waals surface area contributed by atoms with Gasteiger partial charge in [0.2, 0.25) is 0 Å². The quantitative estimate of drug-likeness (QED) is 0.902. The molecule has 0 saturated heterocycles. The molecule has 2 aromatic rings. The second kappa shape index (κ2) is 6.14. The van der Waals surface area contributed by atoms with Crippen LogP contribution in [0.1, 0.15) is 17.2 Å². The number of ether oxygens (including phenoxy) is 1. The van der Waals surface area contributed by atoms with Crippen molar-refractivity contribution in [3.8, 4) is 17.6 Å². The summed E-state index contributed by atoms with van der Waals surface area (Å²) >= 11 is 0. The third-order valence-electron chi connectivity index (χ3n) is 3.02. The first kappa shape index (κ1) is 14.7. The zero-order chi connectivity index (χ0) is 15.4. The lowest BCUT2D eigenvalue weighted by Gasteiger charge is -2.15. The number of benzene rings is 2. The molecule has 0 aliphatic heterocycles. The van der Waals surface area contributed by atoms with Crippen LogP contribution in [0.3, 0.4) is 0 Å². The van der Waals surface area contributed by atoms with Gasteiger partial charge in [0.05, 0.1) is 13.2 Å². The largest absolute Gasteiger partial charge is 0.504 e. The minimum Gasteiger partial charge on any atom is -0.504 e. The normalized spacial score (nSPS) is 11.5. The van der Waals surface area contributed by atoms with Crippen molar-refractivity contribution in [2.75, 3.05) is 12.4 Å². The summed E-state index contributed by atoms with van der Waals surface area (Å²) in [5.41, 5.74) is 1.90. The maximum absolute atomic E-state index is 13.4. The van der Waals surface area contributed by atoms with Gasteiger partial charge in [-0.2, -0.15) is 5.26 Å². The number of rotatable bonds is 4. The average Bonchev–Trinajstić information content (AvgIpc) is 2.44. The molecule has 21 heavy (non-hydrogen) atoms. The van der Waals surface area contributed by atoms with Crippen LogP contribution in [0.5, 0.6) is 11.5 Å². The molecular formula is C16H15FN2O2. The van der Waals surface area contributed by atoms with Crippen molar-refractivity contribution in [2.24, 2.45) is 0 Å². The van der Waals surface area contributed by atoms with Gasteiger partial charge in [-0.3, -0.25) is 0 Å². The maximum atomic E-state index is 13.4. The predicted octanol–water partition coefficient (Wildman–Crippen LogP) is 3.53. The highest BCUT2D eigenvalue weighted by Gasteiger charge is 2.13. The van der Waals surface area contributed by atoms with E-state index in [1.54, 1.807) is 25.1 Å². The molecule has 2 N–H and O–H groups in total. The fraction of sp³-hybridized carbons (Fsp3) is 0.188. The van der Waals surface area contributed by atoms with Crippen LogP contribution in [0, 0.1) is 24.1 Å². The van der Waals surface area contributed by atoms with Gasteiger partial charge >= 0.3 is 0 Å². The third-order valence-corrected chi connectivity index (χ3v) is 3.02. The summed E-state index contributed by atoms with van der Waals surface area (Å²) in [6, 6.07) is 10.6. The number of hydrogen-bond donors (Lipinski definition) is 2. The topological polar surface area (TPSA) is 65.3 Å². The number of aromatic hydroxyl groups is 1. The lowest BCUT2D eigenvalue weighted by atomic mass is 10.1. The van der Waals surface area contributed by atoms with Crippen LogP contribution in [0.25, 0.3) is 0 Å². The van der Waals surface area contributed by atoms with Crippen LogP contribution in [0.2, 0.25) is 0 Å². The van der Waals surface area contributed by atoms with E-state index in [-0.39, 0.29) is 17.3 Å². The number of phenolic OH excluding ortho intramolecular Hbond substituents is 1. The Bertz CT molecular complexity index is 675. The monoisotopic (exact) mass is 286 g/mol. The SMILES string of the molecule is COc1cc(C(C#N)Nc2cc(C)cc(F)c2)ccc1O. The van der Waals surface area contributed by atoms with Gasteiger partial charge in [0.15, 0.2) is 11.5 Å². The minimum absolute atomic E-state index is 0.000426. The van der Waals surface area contributed by atoms with Crippen LogP contribution in [0.15, 0.2) is 36.4 Å². The van der Waals surface area contributed by atoms with E-state index in [4.69, 9.17) is 4.74 Å². The van der Waals surface area contributed by atoms with Crippen LogP contribution in [-0.4, -0.2) is 12.2 Å². The molecule has 108 valence electrons. The predicted molar refractivity (Wildman–Crippen MR) is 77.8 cm³/mol. The Morgan fingerprint density at radius 3 is 2.67 bits per heavy atom. The number of nitriles is 1. The molecule has 0 fully saturated rings. The molecule has 0 amide bonds. The number of nitrogens with one attached hydrogen (secondary N) is 1. The summed E-state index contributed by atoms with van der Waals surface area (Å²) in [6.07, 6.45) is 0. The molecule has 2 aromatic carbocycles. The first-order chi connectivity index (χ1) is 10.0. The van der Waals surface area contributed by atoms with Crippen LogP contribution < -0.4 is 10.1 Å². The molecule has 0 aromatic heterocycles. The highest BCUT2D eigenvalue weighted by Crippen LogP contribution is 2.30. The lowest BCUT2D eigenvalue weighted by Crippen LogP contribution is -2.09. The number of phenols is 1. The molecule has 4 nitrogen and oxygen atoms in total. The van der Waals surface area contributed by atoms with E-state index in [2.05, 4.69) is 11.4 Å². The third kappa shape index (κ3) is 3.42. The smallest absolute Gasteiger partial charge is 0.160 e. The second-order valence-corrected chi connectivity index (χ2v) is 4.65. The fourth-order valence-corrected chi connectivity index (χ4v) is 2.05. The van der Waals surface area contributed by atoms with Crippen molar-refractivity contribution < 1.29 is 14.2 Å². The molecule has 0 spiro atoms. The van der Waals surface area contributed by atoms with Gasteiger partial charge in [-0.25, -0.2) is 4.39 Å². The van der Waals surface area contributed by atoms with E-state index < -0.39 is 6.04 Å². The standard InChI is InChI=1S/C16H15FN2O2/c1-10-5-12(17)8-13(6-10)19-14(9-18)11-3-4-15(20)16(7-11)21-2/h3-8,14,19-20H,1-2H3. The molecule has 0 aliphatic carbocycles. The van der Waals surface area contributed by atoms with E-state index in [1.807, 2.05) is 0 Å². The van der Waals surface area contributed by atoms with Crippen molar-refractivity contribution in [1.29, 1.82) is 5.26 Å². The van der Waals surface area contributed by atoms with Gasteiger partial charge in [-0.1, -0.05) is 6.07 Å². The number of anilines is 1. The Morgan fingerprint density at radius 2 is 2.05 bits per heavy atom. The second-order valence-electron chi connectivity index (χ2n) is 4.65. The molecule has 1 unspecified atom stereocenters. The Kier molecular flexibility index (Phi) is 4.29. The summed E-state index contributed by atoms with van der Waals surface area (Å²) in [5.74, 6) is -0.0815. The van der Waals surface area contributed by atoms with Crippen LogP contribution in [-0.2, 0) is 0 Å². The van der Waals surface area contributed by atoms with Crippen LogP contribution in [0.4, 0.5) is 10.1 Å². The number of halogens is 1. The molecule has 5 heteroatoms. The number of methoxy groups -OCH3 is 1. The Labute approximate surface area is 122 Å². The van der Waals surface area contributed by atoms with Gasteiger partial charge in [0.25, 0.3) is 0 Å².